The zero-order chi connectivity index (χ0) is 13.2. The van der Waals surface area contributed by atoms with E-state index in [-0.39, 0.29) is 0 Å². The first kappa shape index (κ1) is 14.0. The Morgan fingerprint density at radius 2 is 1.78 bits per heavy atom. The van der Waals surface area contributed by atoms with Gasteiger partial charge in [-0.05, 0) is 71.4 Å². The molecule has 0 amide bonds. The molecule has 1 aromatic rings. The molecule has 0 aliphatic heterocycles. The molecule has 0 atom stereocenters. The van der Waals surface area contributed by atoms with Gasteiger partial charge in [0.1, 0.15) is 5.78 Å². The lowest BCUT2D eigenvalue weighted by Crippen LogP contribution is -2.27. The van der Waals surface area contributed by atoms with Crippen molar-refractivity contribution in [2.45, 2.75) is 46.0 Å². The van der Waals surface area contributed by atoms with Crippen molar-refractivity contribution in [2.75, 3.05) is 0 Å². The van der Waals surface area contributed by atoms with Gasteiger partial charge in [0, 0.05) is 15.9 Å². The van der Waals surface area contributed by atoms with Gasteiger partial charge in [-0.1, -0.05) is 26.0 Å². The van der Waals surface area contributed by atoms with Gasteiger partial charge < -0.3 is 0 Å². The Balaban J connectivity index is 1.91. The van der Waals surface area contributed by atoms with Gasteiger partial charge in [-0.15, -0.1) is 0 Å². The maximum absolute atomic E-state index is 12.3. The van der Waals surface area contributed by atoms with E-state index in [9.17, 15) is 4.79 Å². The Kier molecular flexibility index (Phi) is 4.46. The van der Waals surface area contributed by atoms with Gasteiger partial charge in [-0.25, -0.2) is 0 Å². The van der Waals surface area contributed by atoms with E-state index in [1.165, 1.54) is 16.4 Å². The first-order valence-corrected chi connectivity index (χ1v) is 7.81. The van der Waals surface area contributed by atoms with Crippen LogP contribution in [-0.2, 0) is 11.2 Å². The van der Waals surface area contributed by atoms with Crippen LogP contribution < -0.4 is 0 Å². The van der Waals surface area contributed by atoms with Crippen LogP contribution in [0.25, 0.3) is 0 Å². The first-order valence-electron chi connectivity index (χ1n) is 6.73. The average Bonchev–Trinajstić information content (AvgIpc) is 2.32. The van der Waals surface area contributed by atoms with Crippen LogP contribution in [0, 0.1) is 14.9 Å². The number of benzene rings is 1. The molecule has 1 aromatic carbocycles. The van der Waals surface area contributed by atoms with Crippen LogP contribution in [-0.4, -0.2) is 5.78 Å². The quantitative estimate of drug-likeness (QED) is 0.723. The van der Waals surface area contributed by atoms with E-state index in [0.717, 1.165) is 18.4 Å². The van der Waals surface area contributed by atoms with Crippen molar-refractivity contribution in [2.24, 2.45) is 11.3 Å². The second-order valence-electron chi connectivity index (χ2n) is 6.21. The van der Waals surface area contributed by atoms with Crippen molar-refractivity contribution >= 4 is 28.4 Å². The lowest BCUT2D eigenvalue weighted by Gasteiger charge is -2.33. The maximum Gasteiger partial charge on any atom is 0.140 e. The SMILES string of the molecule is CC1(C)CCC(C(=O)Cc2ccc(I)cc2)CC1. The molecule has 0 aromatic heterocycles. The third kappa shape index (κ3) is 3.81. The third-order valence-corrected chi connectivity index (χ3v) is 4.81. The molecule has 2 heteroatoms. The number of hydrogen-bond donors (Lipinski definition) is 0. The molecular formula is C16H21IO. The highest BCUT2D eigenvalue weighted by Crippen LogP contribution is 2.38. The van der Waals surface area contributed by atoms with E-state index in [4.69, 9.17) is 0 Å². The molecule has 0 spiro atoms. The minimum absolute atomic E-state index is 0.303. The van der Waals surface area contributed by atoms with Crippen LogP contribution in [0.1, 0.15) is 45.1 Å². The fourth-order valence-electron chi connectivity index (χ4n) is 2.67. The lowest BCUT2D eigenvalue weighted by molar-refractivity contribution is -0.123. The van der Waals surface area contributed by atoms with E-state index >= 15 is 0 Å². The highest BCUT2D eigenvalue weighted by molar-refractivity contribution is 14.1. The van der Waals surface area contributed by atoms with E-state index < -0.39 is 0 Å². The summed E-state index contributed by atoms with van der Waals surface area (Å²) in [5.74, 6) is 0.740. The van der Waals surface area contributed by atoms with Crippen molar-refractivity contribution in [3.8, 4) is 0 Å². The lowest BCUT2D eigenvalue weighted by atomic mass is 9.71. The molecule has 0 N–H and O–H groups in total. The highest BCUT2D eigenvalue weighted by Gasteiger charge is 2.30. The largest absolute Gasteiger partial charge is 0.299 e. The molecule has 0 heterocycles. The summed E-state index contributed by atoms with van der Waals surface area (Å²) in [5.41, 5.74) is 1.60. The number of hydrogen-bond acceptors (Lipinski definition) is 1. The van der Waals surface area contributed by atoms with Crippen LogP contribution in [0.4, 0.5) is 0 Å². The normalized spacial score (nSPS) is 19.7. The smallest absolute Gasteiger partial charge is 0.140 e. The molecule has 0 bridgehead atoms. The monoisotopic (exact) mass is 356 g/mol. The van der Waals surface area contributed by atoms with Gasteiger partial charge in [0.05, 0.1) is 0 Å². The Hall–Kier alpha value is -0.380. The summed E-state index contributed by atoms with van der Waals surface area (Å²) in [7, 11) is 0. The molecule has 98 valence electrons. The Bertz CT molecular complexity index is 409. The second-order valence-corrected chi connectivity index (χ2v) is 7.45. The molecular weight excluding hydrogens is 335 g/mol. The summed E-state index contributed by atoms with van der Waals surface area (Å²) in [5, 5.41) is 0. The van der Waals surface area contributed by atoms with Gasteiger partial charge >= 0.3 is 0 Å². The summed E-state index contributed by atoms with van der Waals surface area (Å²) < 4.78 is 1.23. The fraction of sp³-hybridized carbons (Fsp3) is 0.562. The van der Waals surface area contributed by atoms with E-state index in [1.54, 1.807) is 0 Å². The van der Waals surface area contributed by atoms with Crippen molar-refractivity contribution in [3.05, 3.63) is 33.4 Å². The molecule has 0 radical (unpaired) electrons. The van der Waals surface area contributed by atoms with Gasteiger partial charge in [0.15, 0.2) is 0 Å². The van der Waals surface area contributed by atoms with Crippen molar-refractivity contribution in [1.29, 1.82) is 0 Å². The predicted molar refractivity (Wildman–Crippen MR) is 83.6 cm³/mol. The van der Waals surface area contributed by atoms with Crippen LogP contribution in [0.5, 0.6) is 0 Å². The summed E-state index contributed by atoms with van der Waals surface area (Å²) in [4.78, 5) is 12.3. The molecule has 1 aliphatic rings. The van der Waals surface area contributed by atoms with E-state index in [0.29, 0.717) is 23.5 Å². The molecule has 1 fully saturated rings. The number of ketones is 1. The van der Waals surface area contributed by atoms with Crippen LogP contribution >= 0.6 is 22.6 Å². The molecule has 2 rings (SSSR count). The summed E-state index contributed by atoms with van der Waals surface area (Å²) >= 11 is 2.29. The third-order valence-electron chi connectivity index (χ3n) is 4.09. The number of carbonyl (C=O) groups is 1. The maximum atomic E-state index is 12.3. The molecule has 1 saturated carbocycles. The average molecular weight is 356 g/mol. The summed E-state index contributed by atoms with van der Waals surface area (Å²) in [6, 6.07) is 8.30. The van der Waals surface area contributed by atoms with Crippen molar-refractivity contribution < 1.29 is 4.79 Å². The zero-order valence-electron chi connectivity index (χ0n) is 11.2. The minimum Gasteiger partial charge on any atom is -0.299 e. The topological polar surface area (TPSA) is 17.1 Å². The molecule has 0 saturated heterocycles. The van der Waals surface area contributed by atoms with Gasteiger partial charge in [0.25, 0.3) is 0 Å². The fourth-order valence-corrected chi connectivity index (χ4v) is 3.03. The van der Waals surface area contributed by atoms with Crippen LogP contribution in [0.15, 0.2) is 24.3 Å². The van der Waals surface area contributed by atoms with Gasteiger partial charge in [-0.2, -0.15) is 0 Å². The molecule has 18 heavy (non-hydrogen) atoms. The zero-order valence-corrected chi connectivity index (χ0v) is 13.4. The number of halogens is 1. The van der Waals surface area contributed by atoms with Gasteiger partial charge in [-0.3, -0.25) is 4.79 Å². The van der Waals surface area contributed by atoms with Crippen molar-refractivity contribution in [3.63, 3.8) is 0 Å². The standard InChI is InChI=1S/C16H21IO/c1-16(2)9-7-13(8-10-16)15(18)11-12-3-5-14(17)6-4-12/h3-6,13H,7-11H2,1-2H3. The molecule has 0 unspecified atom stereocenters. The van der Waals surface area contributed by atoms with Crippen LogP contribution in [0.2, 0.25) is 0 Å². The highest BCUT2D eigenvalue weighted by atomic mass is 127. The summed E-state index contributed by atoms with van der Waals surface area (Å²) in [6.45, 7) is 4.62. The summed E-state index contributed by atoms with van der Waals surface area (Å²) in [6.07, 6.45) is 5.15. The Labute approximate surface area is 123 Å². The molecule has 1 nitrogen and oxygen atoms in total. The molecule has 1 aliphatic carbocycles. The number of Topliss-reactive ketones (excluding diaryl/α,β-unsaturated/α-hetero) is 1. The number of rotatable bonds is 3. The number of carbonyl (C=O) groups excluding carboxylic acids is 1. The Morgan fingerprint density at radius 3 is 2.33 bits per heavy atom. The minimum atomic E-state index is 0.303. The first-order chi connectivity index (χ1) is 8.46. The van der Waals surface area contributed by atoms with Gasteiger partial charge in [0.2, 0.25) is 0 Å². The van der Waals surface area contributed by atoms with Crippen molar-refractivity contribution in [1.82, 2.24) is 0 Å². The Morgan fingerprint density at radius 1 is 1.22 bits per heavy atom. The second kappa shape index (κ2) is 5.72. The van der Waals surface area contributed by atoms with E-state index in [2.05, 4.69) is 60.7 Å². The van der Waals surface area contributed by atoms with Crippen LogP contribution in [0.3, 0.4) is 0 Å². The van der Waals surface area contributed by atoms with E-state index in [1.807, 2.05) is 0 Å². The predicted octanol–water partition coefficient (Wildman–Crippen LogP) is 4.62.